The molecule has 0 saturated carbocycles. The zero-order chi connectivity index (χ0) is 24.2. The highest BCUT2D eigenvalue weighted by Crippen LogP contribution is 2.36. The van der Waals surface area contributed by atoms with E-state index in [2.05, 4.69) is 46.2 Å². The maximum atomic E-state index is 9.10. The molecule has 0 N–H and O–H groups in total. The summed E-state index contributed by atoms with van der Waals surface area (Å²) in [7, 11) is 3.79. The Kier molecular flexibility index (Phi) is 6.70. The van der Waals surface area contributed by atoms with Crippen molar-refractivity contribution in [3.05, 3.63) is 66.1 Å². The molecule has 8 heteroatoms. The highest BCUT2D eigenvalue weighted by Gasteiger charge is 2.18. The Morgan fingerprint density at radius 3 is 2.49 bits per heavy atom. The van der Waals surface area contributed by atoms with Crippen LogP contribution in [-0.4, -0.2) is 51.5 Å². The second kappa shape index (κ2) is 10.2. The van der Waals surface area contributed by atoms with Crippen molar-refractivity contribution < 1.29 is 4.74 Å². The van der Waals surface area contributed by atoms with Crippen molar-refractivity contribution in [2.75, 3.05) is 27.2 Å². The lowest BCUT2D eigenvalue weighted by atomic mass is 10.0. The summed E-state index contributed by atoms with van der Waals surface area (Å²) in [6, 6.07) is 15.7. The third-order valence-corrected chi connectivity index (χ3v) is 7.01. The molecule has 5 aromatic rings. The first-order valence-corrected chi connectivity index (χ1v) is 12.5. The Labute approximate surface area is 208 Å². The summed E-state index contributed by atoms with van der Waals surface area (Å²) >= 11 is 1.61. The normalized spacial score (nSPS) is 13.9. The molecular weight excluding hydrogens is 456 g/mol. The number of rotatable bonds is 3. The summed E-state index contributed by atoms with van der Waals surface area (Å²) in [6.07, 6.45) is 7.77. The number of hydrogen-bond acceptors (Lipinski definition) is 7. The number of thiazole rings is 1. The lowest BCUT2D eigenvalue weighted by Crippen LogP contribution is -2.24. The lowest BCUT2D eigenvalue weighted by molar-refractivity contribution is 0.277. The van der Waals surface area contributed by atoms with Gasteiger partial charge in [0.25, 0.3) is 0 Å². The molecule has 1 fully saturated rings. The fraction of sp³-hybridized carbons (Fsp3) is 0.259. The number of nitrogens with zero attached hydrogens (tertiary/aromatic N) is 6. The van der Waals surface area contributed by atoms with Crippen molar-refractivity contribution >= 4 is 27.1 Å². The van der Waals surface area contributed by atoms with Gasteiger partial charge in [-0.05, 0) is 57.2 Å². The number of methoxy groups -OCH3 is 1. The number of likely N-dealkylation sites (tertiary alicyclic amines) is 1. The number of benzene rings is 2. The molecule has 4 heterocycles. The topological polar surface area (TPSA) is 79.3 Å². The number of ether oxygens (including phenoxy) is 1. The fourth-order valence-corrected chi connectivity index (χ4v) is 5.00. The summed E-state index contributed by atoms with van der Waals surface area (Å²) in [5, 5.41) is 9.10. The van der Waals surface area contributed by atoms with E-state index in [-0.39, 0.29) is 0 Å². The molecule has 0 atom stereocenters. The summed E-state index contributed by atoms with van der Waals surface area (Å²) in [5.41, 5.74) is 7.69. The van der Waals surface area contributed by atoms with Gasteiger partial charge in [-0.1, -0.05) is 24.6 Å². The highest BCUT2D eigenvalue weighted by molar-refractivity contribution is 7.16. The molecule has 1 aliphatic rings. The van der Waals surface area contributed by atoms with Crippen LogP contribution in [-0.2, 0) is 0 Å². The van der Waals surface area contributed by atoms with E-state index in [0.717, 1.165) is 38.2 Å². The van der Waals surface area contributed by atoms with Crippen LogP contribution < -0.4 is 4.74 Å². The number of hydrogen-bond donors (Lipinski definition) is 0. The maximum absolute atomic E-state index is 9.10. The number of nitriles is 1. The van der Waals surface area contributed by atoms with Crippen LogP contribution in [0.1, 0.15) is 24.8 Å². The van der Waals surface area contributed by atoms with Gasteiger partial charge in [-0.25, -0.2) is 15.0 Å². The molecule has 1 aliphatic heterocycles. The number of fused-ring (bicyclic) bond motifs is 2. The third kappa shape index (κ3) is 4.74. The third-order valence-electron chi connectivity index (χ3n) is 6.20. The van der Waals surface area contributed by atoms with E-state index < -0.39 is 0 Å². The molecule has 0 unspecified atom stereocenters. The molecule has 6 rings (SSSR count). The van der Waals surface area contributed by atoms with E-state index in [4.69, 9.17) is 15.0 Å². The van der Waals surface area contributed by atoms with Gasteiger partial charge < -0.3 is 9.64 Å². The van der Waals surface area contributed by atoms with Crippen LogP contribution in [0.4, 0.5) is 0 Å². The minimum absolute atomic E-state index is 0.496. The van der Waals surface area contributed by atoms with Crippen LogP contribution in [0.3, 0.4) is 0 Å². The zero-order valence-corrected chi connectivity index (χ0v) is 20.6. The fourth-order valence-electron chi connectivity index (χ4n) is 4.34. The molecule has 7 nitrogen and oxygen atoms in total. The van der Waals surface area contributed by atoms with Gasteiger partial charge in [-0.15, -0.1) is 11.3 Å². The van der Waals surface area contributed by atoms with Gasteiger partial charge in [0.2, 0.25) is 5.88 Å². The average Bonchev–Trinajstić information content (AvgIpc) is 3.58. The zero-order valence-electron chi connectivity index (χ0n) is 19.8. The van der Waals surface area contributed by atoms with Crippen LogP contribution in [0.25, 0.3) is 38.2 Å². The SMILES string of the molecule is CN1CCCCC1.COc1nc(-c2ccc(C#N)cc2)c(-c2ccc3scnc3c2)n2cncc12. The van der Waals surface area contributed by atoms with E-state index in [9.17, 15) is 0 Å². The standard InChI is InChI=1S/C21H13N5OS.C6H13N/c1-27-21-17-10-23-11-26(17)20(15-6-7-18-16(8-15)24-12-28-18)19(25-21)14-4-2-13(9-22)3-5-14;1-7-5-3-2-4-6-7/h2-8,10-12H,1H3;2-6H2,1H3. The van der Waals surface area contributed by atoms with Crippen LogP contribution in [0.2, 0.25) is 0 Å². The van der Waals surface area contributed by atoms with Gasteiger partial charge in [0.05, 0.1) is 58.4 Å². The van der Waals surface area contributed by atoms with Crippen LogP contribution in [0, 0.1) is 11.3 Å². The van der Waals surface area contributed by atoms with Gasteiger partial charge in [-0.2, -0.15) is 5.26 Å². The van der Waals surface area contributed by atoms with E-state index in [1.807, 2.05) is 22.0 Å². The van der Waals surface area contributed by atoms with Crippen molar-refractivity contribution in [3.8, 4) is 34.5 Å². The summed E-state index contributed by atoms with van der Waals surface area (Å²) in [4.78, 5) is 15.9. The van der Waals surface area contributed by atoms with Crippen LogP contribution >= 0.6 is 11.3 Å². The second-order valence-electron chi connectivity index (χ2n) is 8.56. The van der Waals surface area contributed by atoms with Crippen molar-refractivity contribution in [2.24, 2.45) is 0 Å². The molecule has 0 bridgehead atoms. The molecule has 0 aliphatic carbocycles. The van der Waals surface area contributed by atoms with E-state index in [1.165, 1.54) is 32.4 Å². The average molecular weight is 483 g/mol. The first kappa shape index (κ1) is 23.0. The smallest absolute Gasteiger partial charge is 0.240 e. The molecule has 0 amide bonds. The second-order valence-corrected chi connectivity index (χ2v) is 9.44. The monoisotopic (exact) mass is 482 g/mol. The summed E-state index contributed by atoms with van der Waals surface area (Å²) in [5.74, 6) is 0.496. The van der Waals surface area contributed by atoms with Gasteiger partial charge in [0.15, 0.2) is 0 Å². The molecule has 0 spiro atoms. The van der Waals surface area contributed by atoms with Crippen molar-refractivity contribution in [2.45, 2.75) is 19.3 Å². The molecule has 1 saturated heterocycles. The van der Waals surface area contributed by atoms with Crippen molar-refractivity contribution in [1.29, 1.82) is 5.26 Å². The predicted octanol–water partition coefficient (Wildman–Crippen LogP) is 5.66. The summed E-state index contributed by atoms with van der Waals surface area (Å²) in [6.45, 7) is 2.64. The Morgan fingerprint density at radius 2 is 1.80 bits per heavy atom. The first-order valence-electron chi connectivity index (χ1n) is 11.6. The molecule has 2 aromatic carbocycles. The number of aromatic nitrogens is 4. The van der Waals surface area contributed by atoms with Crippen LogP contribution in [0.15, 0.2) is 60.5 Å². The van der Waals surface area contributed by atoms with E-state index in [0.29, 0.717) is 11.4 Å². The van der Waals surface area contributed by atoms with Gasteiger partial charge in [-0.3, -0.25) is 4.40 Å². The van der Waals surface area contributed by atoms with E-state index >= 15 is 0 Å². The number of piperidine rings is 1. The molecule has 176 valence electrons. The van der Waals surface area contributed by atoms with Crippen LogP contribution in [0.5, 0.6) is 5.88 Å². The van der Waals surface area contributed by atoms with Crippen molar-refractivity contribution in [3.63, 3.8) is 0 Å². The molecule has 35 heavy (non-hydrogen) atoms. The quantitative estimate of drug-likeness (QED) is 0.330. The van der Waals surface area contributed by atoms with Gasteiger partial charge in [0, 0.05) is 11.1 Å². The minimum atomic E-state index is 0.496. The number of imidazole rings is 1. The minimum Gasteiger partial charge on any atom is -0.479 e. The Hall–Kier alpha value is -3.80. The Morgan fingerprint density at radius 1 is 1.03 bits per heavy atom. The van der Waals surface area contributed by atoms with Gasteiger partial charge >= 0.3 is 0 Å². The predicted molar refractivity (Wildman–Crippen MR) is 140 cm³/mol. The molecule has 3 aromatic heterocycles. The van der Waals surface area contributed by atoms with Gasteiger partial charge in [0.1, 0.15) is 5.52 Å². The highest BCUT2D eigenvalue weighted by atomic mass is 32.1. The molecule has 0 radical (unpaired) electrons. The first-order chi connectivity index (χ1) is 17.2. The Balaban J connectivity index is 0.000000313. The molecular formula is C27H26N6OS. The Bertz CT molecular complexity index is 1490. The van der Waals surface area contributed by atoms with E-state index in [1.54, 1.807) is 43.1 Å². The maximum Gasteiger partial charge on any atom is 0.240 e. The largest absolute Gasteiger partial charge is 0.479 e. The summed E-state index contributed by atoms with van der Waals surface area (Å²) < 4.78 is 8.62. The lowest BCUT2D eigenvalue weighted by Gasteiger charge is -2.20. The van der Waals surface area contributed by atoms with Crippen molar-refractivity contribution in [1.82, 2.24) is 24.3 Å².